The zero-order valence-electron chi connectivity index (χ0n) is 11.9. The van der Waals surface area contributed by atoms with Gasteiger partial charge in [-0.2, -0.15) is 5.26 Å². The predicted octanol–water partition coefficient (Wildman–Crippen LogP) is 4.17. The SMILES string of the molecule is Cc1ccc(NC2CC(C#N)(c3ccccc3)C2)c(F)c1. The summed E-state index contributed by atoms with van der Waals surface area (Å²) in [6, 6.07) is 17.6. The summed E-state index contributed by atoms with van der Waals surface area (Å²) in [5.41, 5.74) is 2.04. The average molecular weight is 280 g/mol. The highest BCUT2D eigenvalue weighted by Gasteiger charge is 2.46. The maximum Gasteiger partial charge on any atom is 0.146 e. The molecule has 1 fully saturated rings. The molecular formula is C18H17FN2. The molecular weight excluding hydrogens is 263 g/mol. The molecule has 2 nitrogen and oxygen atoms in total. The number of anilines is 1. The molecule has 0 spiro atoms. The molecule has 1 N–H and O–H groups in total. The van der Waals surface area contributed by atoms with Gasteiger partial charge in [-0.05, 0) is 43.0 Å². The molecule has 3 heteroatoms. The lowest BCUT2D eigenvalue weighted by molar-refractivity contribution is 0.289. The topological polar surface area (TPSA) is 35.8 Å². The van der Waals surface area contributed by atoms with E-state index in [9.17, 15) is 9.65 Å². The number of nitriles is 1. The van der Waals surface area contributed by atoms with Gasteiger partial charge in [-0.3, -0.25) is 0 Å². The molecule has 0 aliphatic heterocycles. The first kappa shape index (κ1) is 13.6. The van der Waals surface area contributed by atoms with E-state index < -0.39 is 5.41 Å². The van der Waals surface area contributed by atoms with Crippen molar-refractivity contribution < 1.29 is 4.39 Å². The lowest BCUT2D eigenvalue weighted by Crippen LogP contribution is -2.47. The Labute approximate surface area is 124 Å². The second-order valence-corrected chi connectivity index (χ2v) is 5.79. The molecule has 0 radical (unpaired) electrons. The summed E-state index contributed by atoms with van der Waals surface area (Å²) in [5.74, 6) is -0.232. The molecule has 0 bridgehead atoms. The van der Waals surface area contributed by atoms with Crippen LogP contribution >= 0.6 is 0 Å². The van der Waals surface area contributed by atoms with Gasteiger partial charge in [-0.25, -0.2) is 4.39 Å². The van der Waals surface area contributed by atoms with Crippen molar-refractivity contribution in [1.29, 1.82) is 5.26 Å². The highest BCUT2D eigenvalue weighted by molar-refractivity contribution is 5.49. The Morgan fingerprint density at radius 2 is 1.90 bits per heavy atom. The second kappa shape index (κ2) is 5.21. The molecule has 21 heavy (non-hydrogen) atoms. The summed E-state index contributed by atoms with van der Waals surface area (Å²) in [4.78, 5) is 0. The minimum Gasteiger partial charge on any atom is -0.380 e. The predicted molar refractivity (Wildman–Crippen MR) is 81.5 cm³/mol. The van der Waals surface area contributed by atoms with Gasteiger partial charge in [0.1, 0.15) is 5.82 Å². The number of rotatable bonds is 3. The Morgan fingerprint density at radius 3 is 2.52 bits per heavy atom. The average Bonchev–Trinajstić information content (AvgIpc) is 2.45. The molecule has 0 aromatic heterocycles. The third kappa shape index (κ3) is 2.50. The number of halogens is 1. The van der Waals surface area contributed by atoms with Crippen molar-refractivity contribution in [2.75, 3.05) is 5.32 Å². The molecule has 0 amide bonds. The van der Waals surface area contributed by atoms with Crippen LogP contribution in [-0.2, 0) is 5.41 Å². The molecule has 0 heterocycles. The van der Waals surface area contributed by atoms with Crippen LogP contribution in [-0.4, -0.2) is 6.04 Å². The van der Waals surface area contributed by atoms with Crippen LogP contribution in [0.15, 0.2) is 48.5 Å². The lowest BCUT2D eigenvalue weighted by atomic mass is 9.62. The summed E-state index contributed by atoms with van der Waals surface area (Å²) in [6.45, 7) is 1.87. The first-order valence-electron chi connectivity index (χ1n) is 7.12. The number of nitrogens with one attached hydrogen (secondary N) is 1. The number of nitrogens with zero attached hydrogens (tertiary/aromatic N) is 1. The molecule has 0 atom stereocenters. The fraction of sp³-hybridized carbons (Fsp3) is 0.278. The van der Waals surface area contributed by atoms with Crippen molar-refractivity contribution in [3.05, 3.63) is 65.5 Å². The first-order chi connectivity index (χ1) is 10.1. The maximum absolute atomic E-state index is 13.8. The highest BCUT2D eigenvalue weighted by atomic mass is 19.1. The van der Waals surface area contributed by atoms with E-state index in [4.69, 9.17) is 0 Å². The Hall–Kier alpha value is -2.34. The third-order valence-electron chi connectivity index (χ3n) is 4.21. The summed E-state index contributed by atoms with van der Waals surface area (Å²) < 4.78 is 13.8. The van der Waals surface area contributed by atoms with Crippen LogP contribution < -0.4 is 5.32 Å². The van der Waals surface area contributed by atoms with Crippen molar-refractivity contribution in [2.24, 2.45) is 0 Å². The Bertz CT molecular complexity index is 682. The van der Waals surface area contributed by atoms with Crippen molar-refractivity contribution >= 4 is 5.69 Å². The lowest BCUT2D eigenvalue weighted by Gasteiger charge is -2.43. The minimum absolute atomic E-state index is 0.141. The van der Waals surface area contributed by atoms with E-state index >= 15 is 0 Å². The zero-order valence-corrected chi connectivity index (χ0v) is 11.9. The summed E-state index contributed by atoms with van der Waals surface area (Å²) >= 11 is 0. The van der Waals surface area contributed by atoms with Gasteiger partial charge >= 0.3 is 0 Å². The van der Waals surface area contributed by atoms with Crippen LogP contribution in [0, 0.1) is 24.1 Å². The minimum atomic E-state index is -0.430. The second-order valence-electron chi connectivity index (χ2n) is 5.79. The highest BCUT2D eigenvalue weighted by Crippen LogP contribution is 2.44. The van der Waals surface area contributed by atoms with Crippen LogP contribution in [0.2, 0.25) is 0 Å². The van der Waals surface area contributed by atoms with Crippen LogP contribution in [0.1, 0.15) is 24.0 Å². The summed E-state index contributed by atoms with van der Waals surface area (Å²) in [7, 11) is 0. The quantitative estimate of drug-likeness (QED) is 0.916. The van der Waals surface area contributed by atoms with Crippen LogP contribution in [0.3, 0.4) is 0 Å². The van der Waals surface area contributed by atoms with Gasteiger partial charge in [-0.1, -0.05) is 36.4 Å². The number of aryl methyl sites for hydroxylation is 1. The molecule has 0 unspecified atom stereocenters. The Morgan fingerprint density at radius 1 is 1.19 bits per heavy atom. The fourth-order valence-electron chi connectivity index (χ4n) is 2.99. The van der Waals surface area contributed by atoms with Crippen molar-refractivity contribution in [2.45, 2.75) is 31.2 Å². The van der Waals surface area contributed by atoms with Gasteiger partial charge in [-0.15, -0.1) is 0 Å². The van der Waals surface area contributed by atoms with E-state index in [1.54, 1.807) is 6.07 Å². The van der Waals surface area contributed by atoms with Crippen molar-refractivity contribution in [1.82, 2.24) is 0 Å². The normalized spacial score (nSPS) is 24.0. The molecule has 1 aliphatic carbocycles. The zero-order chi connectivity index (χ0) is 14.9. The van der Waals surface area contributed by atoms with E-state index in [-0.39, 0.29) is 11.9 Å². The van der Waals surface area contributed by atoms with Crippen LogP contribution in [0.5, 0.6) is 0 Å². The Balaban J connectivity index is 1.71. The number of hydrogen-bond acceptors (Lipinski definition) is 2. The van der Waals surface area contributed by atoms with Crippen LogP contribution in [0.25, 0.3) is 0 Å². The van der Waals surface area contributed by atoms with Gasteiger partial charge in [0.15, 0.2) is 0 Å². The van der Waals surface area contributed by atoms with Gasteiger partial charge in [0.2, 0.25) is 0 Å². The van der Waals surface area contributed by atoms with E-state index in [1.165, 1.54) is 6.07 Å². The largest absolute Gasteiger partial charge is 0.380 e. The fourth-order valence-corrected chi connectivity index (χ4v) is 2.99. The van der Waals surface area contributed by atoms with Gasteiger partial charge in [0.25, 0.3) is 0 Å². The number of benzene rings is 2. The molecule has 106 valence electrons. The van der Waals surface area contributed by atoms with Gasteiger partial charge in [0, 0.05) is 6.04 Å². The molecule has 3 rings (SSSR count). The van der Waals surface area contributed by atoms with Crippen molar-refractivity contribution in [3.63, 3.8) is 0 Å². The van der Waals surface area contributed by atoms with E-state index in [2.05, 4.69) is 11.4 Å². The van der Waals surface area contributed by atoms with E-state index in [0.29, 0.717) is 18.5 Å². The Kier molecular flexibility index (Phi) is 3.39. The molecule has 1 aliphatic rings. The molecule has 1 saturated carbocycles. The van der Waals surface area contributed by atoms with E-state index in [1.807, 2.05) is 43.3 Å². The van der Waals surface area contributed by atoms with Gasteiger partial charge in [0.05, 0.1) is 17.2 Å². The molecule has 0 saturated heterocycles. The van der Waals surface area contributed by atoms with Crippen LogP contribution in [0.4, 0.5) is 10.1 Å². The standard InChI is InChI=1S/C18H17FN2/c1-13-7-8-17(16(19)9-13)21-15-10-18(11-15,12-20)14-5-3-2-4-6-14/h2-9,15,21H,10-11H2,1H3. The molecule has 2 aromatic carbocycles. The summed E-state index contributed by atoms with van der Waals surface area (Å²) in [6.07, 6.45) is 1.42. The molecule has 2 aromatic rings. The first-order valence-corrected chi connectivity index (χ1v) is 7.12. The smallest absolute Gasteiger partial charge is 0.146 e. The number of hydrogen-bond donors (Lipinski definition) is 1. The summed E-state index contributed by atoms with van der Waals surface area (Å²) in [5, 5.41) is 12.7. The third-order valence-corrected chi connectivity index (χ3v) is 4.21. The van der Waals surface area contributed by atoms with E-state index in [0.717, 1.165) is 11.1 Å². The van der Waals surface area contributed by atoms with Gasteiger partial charge < -0.3 is 5.32 Å². The van der Waals surface area contributed by atoms with Crippen molar-refractivity contribution in [3.8, 4) is 6.07 Å². The monoisotopic (exact) mass is 280 g/mol. The maximum atomic E-state index is 13.8.